The number of nitro benzene ring substituents is 1. The maximum absolute atomic E-state index is 11.0. The first-order valence-electron chi connectivity index (χ1n) is 8.74. The van der Waals surface area contributed by atoms with Crippen LogP contribution in [0.3, 0.4) is 0 Å². The van der Waals surface area contributed by atoms with Gasteiger partial charge in [0.15, 0.2) is 0 Å². The summed E-state index contributed by atoms with van der Waals surface area (Å²) in [6, 6.07) is 6.37. The number of imidazole rings is 1. The summed E-state index contributed by atoms with van der Waals surface area (Å²) in [5.41, 5.74) is 0.680. The number of ether oxygens (including phenoxy) is 1. The minimum absolute atomic E-state index is 0.0221. The number of rotatable bonds is 6. The highest BCUT2D eigenvalue weighted by Gasteiger charge is 2.24. The Bertz CT molecular complexity index is 753. The Balaban J connectivity index is 1.69. The van der Waals surface area contributed by atoms with Gasteiger partial charge in [-0.15, -0.1) is 0 Å². The zero-order valence-electron chi connectivity index (χ0n) is 15.0. The quantitative estimate of drug-likeness (QED) is 0.625. The topological polar surface area (TPSA) is 93.7 Å². The van der Waals surface area contributed by atoms with E-state index >= 15 is 0 Å². The van der Waals surface area contributed by atoms with Gasteiger partial charge >= 0.3 is 0 Å². The lowest BCUT2D eigenvalue weighted by Crippen LogP contribution is -2.48. The van der Waals surface area contributed by atoms with E-state index in [1.54, 1.807) is 24.5 Å². The number of hydrogen-bond acceptors (Lipinski definition) is 6. The van der Waals surface area contributed by atoms with Crippen molar-refractivity contribution in [2.75, 3.05) is 19.6 Å². The van der Waals surface area contributed by atoms with Crippen molar-refractivity contribution in [1.82, 2.24) is 14.5 Å². The first kappa shape index (κ1) is 18.5. The van der Waals surface area contributed by atoms with Crippen LogP contribution in [0.2, 0.25) is 0 Å². The molecule has 0 amide bonds. The van der Waals surface area contributed by atoms with Crippen LogP contribution in [0.1, 0.15) is 13.8 Å². The summed E-state index contributed by atoms with van der Waals surface area (Å²) in [6.07, 6.45) is 3.15. The number of nitrogens with zero attached hydrogens (tertiary/aromatic N) is 4. The number of aliphatic hydroxyl groups excluding tert-OH is 1. The third-order valence-corrected chi connectivity index (χ3v) is 4.40. The van der Waals surface area contributed by atoms with Gasteiger partial charge in [0.25, 0.3) is 5.69 Å². The van der Waals surface area contributed by atoms with Crippen LogP contribution in [0.15, 0.2) is 36.7 Å². The molecule has 1 fully saturated rings. The summed E-state index contributed by atoms with van der Waals surface area (Å²) in [5.74, 6) is 0.608. The molecule has 1 aromatic heterocycles. The summed E-state index contributed by atoms with van der Waals surface area (Å²) in [7, 11) is 0. The minimum atomic E-state index is -0.570. The number of morpholine rings is 1. The maximum Gasteiger partial charge on any atom is 0.270 e. The Morgan fingerprint density at radius 2 is 2.08 bits per heavy atom. The molecule has 26 heavy (non-hydrogen) atoms. The minimum Gasteiger partial charge on any atom is -0.390 e. The molecule has 3 atom stereocenters. The first-order valence-corrected chi connectivity index (χ1v) is 8.74. The largest absolute Gasteiger partial charge is 0.390 e. The fraction of sp³-hybridized carbons (Fsp3) is 0.500. The molecule has 8 nitrogen and oxygen atoms in total. The Morgan fingerprint density at radius 1 is 1.35 bits per heavy atom. The Hall–Kier alpha value is -2.29. The van der Waals surface area contributed by atoms with Gasteiger partial charge in [-0.05, 0) is 13.8 Å². The highest BCUT2D eigenvalue weighted by atomic mass is 16.6. The van der Waals surface area contributed by atoms with Gasteiger partial charge in [0, 0.05) is 49.7 Å². The fourth-order valence-electron chi connectivity index (χ4n) is 3.49. The molecule has 140 valence electrons. The Labute approximate surface area is 152 Å². The van der Waals surface area contributed by atoms with Crippen LogP contribution in [0.4, 0.5) is 5.69 Å². The van der Waals surface area contributed by atoms with Crippen LogP contribution < -0.4 is 0 Å². The van der Waals surface area contributed by atoms with E-state index in [0.717, 1.165) is 13.1 Å². The zero-order valence-corrected chi connectivity index (χ0v) is 15.0. The molecule has 2 aromatic rings. The predicted octanol–water partition coefficient (Wildman–Crippen LogP) is 1.93. The van der Waals surface area contributed by atoms with Crippen molar-refractivity contribution in [3.05, 3.63) is 46.8 Å². The summed E-state index contributed by atoms with van der Waals surface area (Å²) in [6.45, 7) is 6.57. The molecule has 1 saturated heterocycles. The number of aliphatic hydroxyl groups is 1. The van der Waals surface area contributed by atoms with Gasteiger partial charge in [-0.2, -0.15) is 0 Å². The third kappa shape index (κ3) is 4.46. The van der Waals surface area contributed by atoms with Crippen molar-refractivity contribution >= 4 is 5.69 Å². The third-order valence-electron chi connectivity index (χ3n) is 4.40. The molecule has 0 bridgehead atoms. The molecule has 1 N–H and O–H groups in total. The molecule has 0 spiro atoms. The highest BCUT2D eigenvalue weighted by molar-refractivity contribution is 5.59. The smallest absolute Gasteiger partial charge is 0.270 e. The molecule has 2 heterocycles. The molecule has 0 aliphatic carbocycles. The second kappa shape index (κ2) is 7.94. The number of non-ortho nitro benzene ring substituents is 1. The van der Waals surface area contributed by atoms with Crippen molar-refractivity contribution in [1.29, 1.82) is 0 Å². The van der Waals surface area contributed by atoms with E-state index in [9.17, 15) is 15.2 Å². The molecular weight excluding hydrogens is 336 g/mol. The van der Waals surface area contributed by atoms with Crippen molar-refractivity contribution < 1.29 is 14.8 Å². The number of aromatic nitrogens is 2. The van der Waals surface area contributed by atoms with Crippen LogP contribution in [-0.2, 0) is 11.3 Å². The number of nitro groups is 1. The first-order chi connectivity index (χ1) is 12.4. The molecule has 8 heteroatoms. The predicted molar refractivity (Wildman–Crippen MR) is 96.8 cm³/mol. The van der Waals surface area contributed by atoms with Gasteiger partial charge in [-0.25, -0.2) is 4.98 Å². The molecule has 3 unspecified atom stereocenters. The monoisotopic (exact) mass is 360 g/mol. The van der Waals surface area contributed by atoms with E-state index in [0.29, 0.717) is 24.5 Å². The zero-order chi connectivity index (χ0) is 18.7. The lowest BCUT2D eigenvalue weighted by molar-refractivity contribution is -0.384. The highest BCUT2D eigenvalue weighted by Crippen LogP contribution is 2.23. The summed E-state index contributed by atoms with van der Waals surface area (Å²) in [4.78, 5) is 17.1. The molecule has 1 aliphatic heterocycles. The van der Waals surface area contributed by atoms with E-state index in [4.69, 9.17) is 4.74 Å². The number of hydrogen-bond donors (Lipinski definition) is 1. The van der Waals surface area contributed by atoms with Crippen LogP contribution in [0.5, 0.6) is 0 Å². The average molecular weight is 360 g/mol. The van der Waals surface area contributed by atoms with Gasteiger partial charge in [0.2, 0.25) is 0 Å². The molecule has 0 radical (unpaired) electrons. The van der Waals surface area contributed by atoms with Crippen molar-refractivity contribution in [3.63, 3.8) is 0 Å². The van der Waals surface area contributed by atoms with Gasteiger partial charge in [0.05, 0.1) is 29.8 Å². The number of β-amino-alcohol motifs (C(OH)–C–C–N with tert-alkyl or cyclic N) is 1. The van der Waals surface area contributed by atoms with E-state index in [2.05, 4.69) is 9.88 Å². The molecule has 3 rings (SSSR count). The van der Waals surface area contributed by atoms with E-state index in [1.165, 1.54) is 12.1 Å². The molecule has 1 aromatic carbocycles. The van der Waals surface area contributed by atoms with Gasteiger partial charge < -0.3 is 14.4 Å². The van der Waals surface area contributed by atoms with E-state index < -0.39 is 11.0 Å². The van der Waals surface area contributed by atoms with Crippen molar-refractivity contribution in [2.45, 2.75) is 38.7 Å². The summed E-state index contributed by atoms with van der Waals surface area (Å²) < 4.78 is 7.55. The molecule has 0 saturated carbocycles. The van der Waals surface area contributed by atoms with Crippen LogP contribution in [-0.4, -0.2) is 62.4 Å². The van der Waals surface area contributed by atoms with Gasteiger partial charge in [0.1, 0.15) is 5.82 Å². The van der Waals surface area contributed by atoms with Crippen LogP contribution >= 0.6 is 0 Å². The second-order valence-corrected chi connectivity index (χ2v) is 6.84. The maximum atomic E-state index is 11.0. The number of benzene rings is 1. The van der Waals surface area contributed by atoms with E-state index in [-0.39, 0.29) is 17.9 Å². The molecular formula is C18H24N4O4. The SMILES string of the molecule is CC1CN(CC(O)Cn2ccnc2-c2cccc([N+](=O)[O-])c2)CC(C)O1. The van der Waals surface area contributed by atoms with Crippen LogP contribution in [0, 0.1) is 10.1 Å². The standard InChI is InChI=1S/C18H24N4O4/c1-13-9-20(10-14(2)26-13)11-17(23)12-21-7-6-19-18(21)15-4-3-5-16(8-15)22(24)25/h3-8,13-14,17,23H,9-12H2,1-2H3. The van der Waals surface area contributed by atoms with Crippen molar-refractivity contribution in [2.24, 2.45) is 0 Å². The lowest BCUT2D eigenvalue weighted by Gasteiger charge is -2.36. The average Bonchev–Trinajstić information content (AvgIpc) is 3.01. The lowest BCUT2D eigenvalue weighted by atomic mass is 10.2. The van der Waals surface area contributed by atoms with Crippen LogP contribution in [0.25, 0.3) is 11.4 Å². The Morgan fingerprint density at radius 3 is 2.77 bits per heavy atom. The molecule has 1 aliphatic rings. The van der Waals surface area contributed by atoms with E-state index in [1.807, 2.05) is 18.4 Å². The fourth-order valence-corrected chi connectivity index (χ4v) is 3.49. The Kier molecular flexibility index (Phi) is 5.65. The van der Waals surface area contributed by atoms with Crippen molar-refractivity contribution in [3.8, 4) is 11.4 Å². The van der Waals surface area contributed by atoms with Gasteiger partial charge in [-0.3, -0.25) is 15.0 Å². The summed E-state index contributed by atoms with van der Waals surface area (Å²) in [5, 5.41) is 21.5. The summed E-state index contributed by atoms with van der Waals surface area (Å²) >= 11 is 0. The second-order valence-electron chi connectivity index (χ2n) is 6.84. The van der Waals surface area contributed by atoms with Gasteiger partial charge in [-0.1, -0.05) is 12.1 Å². The normalized spacial score (nSPS) is 22.3.